The summed E-state index contributed by atoms with van der Waals surface area (Å²) in [6.07, 6.45) is 2.25. The molecule has 3 aliphatic rings. The summed E-state index contributed by atoms with van der Waals surface area (Å²) in [4.78, 5) is 30.9. The Bertz CT molecular complexity index is 515. The second-order valence-electron chi connectivity index (χ2n) is 7.38. The molecule has 0 radical (unpaired) electrons. The number of carbonyl (C=O) groups is 2. The zero-order valence-electron chi connectivity index (χ0n) is 14.2. The van der Waals surface area contributed by atoms with Gasteiger partial charge in [-0.3, -0.25) is 0 Å². The highest BCUT2D eigenvalue weighted by molar-refractivity contribution is 5.83. The predicted molar refractivity (Wildman–Crippen MR) is 79.5 cm³/mol. The summed E-state index contributed by atoms with van der Waals surface area (Å²) in [6.45, 7) is 7.65. The van der Waals surface area contributed by atoms with Crippen LogP contribution in [0.15, 0.2) is 0 Å². The highest BCUT2D eigenvalue weighted by Gasteiger charge is 2.78. The smallest absolute Gasteiger partial charge is 0.434 e. The van der Waals surface area contributed by atoms with Gasteiger partial charge < -0.3 is 14.2 Å². The first-order valence-corrected chi connectivity index (χ1v) is 8.29. The molecule has 0 unspecified atom stereocenters. The van der Waals surface area contributed by atoms with E-state index in [2.05, 4.69) is 0 Å². The van der Waals surface area contributed by atoms with E-state index in [1.54, 1.807) is 27.7 Å². The zero-order valence-corrected chi connectivity index (χ0v) is 14.2. The van der Waals surface area contributed by atoms with Crippen LogP contribution in [0.1, 0.15) is 53.4 Å². The number of carbonyl (C=O) groups excluding carboxylic acids is 2. The first-order valence-electron chi connectivity index (χ1n) is 8.29. The maximum atomic E-state index is 12.6. The van der Waals surface area contributed by atoms with Crippen LogP contribution in [-0.4, -0.2) is 53.2 Å². The molecule has 23 heavy (non-hydrogen) atoms. The molecule has 0 N–H and O–H groups in total. The Labute approximate surface area is 136 Å². The Morgan fingerprint density at radius 3 is 2.61 bits per heavy atom. The van der Waals surface area contributed by atoms with Gasteiger partial charge in [0.15, 0.2) is 0 Å². The van der Waals surface area contributed by atoms with E-state index in [0.29, 0.717) is 6.42 Å². The van der Waals surface area contributed by atoms with E-state index in [-0.39, 0.29) is 19.3 Å². The van der Waals surface area contributed by atoms with Crippen molar-refractivity contribution in [1.82, 2.24) is 5.06 Å². The topological polar surface area (TPSA) is 77.6 Å². The van der Waals surface area contributed by atoms with Gasteiger partial charge >= 0.3 is 12.1 Å². The van der Waals surface area contributed by atoms with Crippen molar-refractivity contribution in [1.29, 1.82) is 0 Å². The molecule has 2 saturated heterocycles. The van der Waals surface area contributed by atoms with Crippen LogP contribution in [0.4, 0.5) is 4.79 Å². The van der Waals surface area contributed by atoms with Crippen molar-refractivity contribution in [3.8, 4) is 0 Å². The molecule has 3 fully saturated rings. The largest absolute Gasteiger partial charge is 0.464 e. The van der Waals surface area contributed by atoms with Crippen LogP contribution in [-0.2, 0) is 23.8 Å². The minimum atomic E-state index is -1.24. The van der Waals surface area contributed by atoms with Crippen LogP contribution in [0.25, 0.3) is 0 Å². The van der Waals surface area contributed by atoms with Crippen molar-refractivity contribution in [2.24, 2.45) is 0 Å². The molecule has 1 aliphatic carbocycles. The van der Waals surface area contributed by atoms with Crippen molar-refractivity contribution < 1.29 is 28.6 Å². The second kappa shape index (κ2) is 5.34. The lowest BCUT2D eigenvalue weighted by atomic mass is 9.72. The molecular weight excluding hydrogens is 302 g/mol. The minimum absolute atomic E-state index is 0.200. The van der Waals surface area contributed by atoms with E-state index < -0.39 is 28.9 Å². The molecule has 1 spiro atoms. The lowest BCUT2D eigenvalue weighted by Crippen LogP contribution is -2.65. The summed E-state index contributed by atoms with van der Waals surface area (Å²) in [5.74, 6) is -0.449. The van der Waals surface area contributed by atoms with Gasteiger partial charge in [0.05, 0.1) is 13.2 Å². The number of hydroxylamine groups is 2. The van der Waals surface area contributed by atoms with Gasteiger partial charge in [0.1, 0.15) is 17.3 Å². The average Bonchev–Trinajstić information content (AvgIpc) is 3.16. The molecule has 0 aromatic heterocycles. The summed E-state index contributed by atoms with van der Waals surface area (Å²) in [5, 5.41) is 1.13. The fourth-order valence-electron chi connectivity index (χ4n) is 3.64. The maximum Gasteiger partial charge on any atom is 0.434 e. The normalized spacial score (nSPS) is 35.8. The van der Waals surface area contributed by atoms with E-state index in [9.17, 15) is 9.59 Å². The Morgan fingerprint density at radius 2 is 1.96 bits per heavy atom. The fourth-order valence-corrected chi connectivity index (χ4v) is 3.64. The Morgan fingerprint density at radius 1 is 1.26 bits per heavy atom. The summed E-state index contributed by atoms with van der Waals surface area (Å²) in [6, 6.07) is 0. The van der Waals surface area contributed by atoms with Crippen LogP contribution in [0.2, 0.25) is 0 Å². The second-order valence-corrected chi connectivity index (χ2v) is 7.38. The first-order chi connectivity index (χ1) is 10.7. The molecule has 3 atom stereocenters. The number of hydrogen-bond acceptors (Lipinski definition) is 6. The van der Waals surface area contributed by atoms with E-state index in [1.807, 2.05) is 0 Å². The van der Waals surface area contributed by atoms with Gasteiger partial charge in [-0.2, -0.15) is 5.06 Å². The fraction of sp³-hybridized carbons (Fsp3) is 0.875. The quantitative estimate of drug-likeness (QED) is 0.571. The maximum absolute atomic E-state index is 12.6. The Kier molecular flexibility index (Phi) is 3.84. The SMILES string of the molecule is CCOC(=O)[C@@]12CCCC[C@@]13O[C@H]3CN(C(=O)OC(C)(C)C)O2. The molecule has 3 rings (SSSR count). The number of rotatable bonds is 2. The minimum Gasteiger partial charge on any atom is -0.464 e. The summed E-state index contributed by atoms with van der Waals surface area (Å²) in [5.41, 5.74) is -2.51. The summed E-state index contributed by atoms with van der Waals surface area (Å²) < 4.78 is 16.5. The molecule has 0 aromatic rings. The van der Waals surface area contributed by atoms with Crippen LogP contribution in [0.5, 0.6) is 0 Å². The van der Waals surface area contributed by atoms with Gasteiger partial charge in [-0.05, 0) is 47.0 Å². The third-order valence-electron chi connectivity index (χ3n) is 4.63. The van der Waals surface area contributed by atoms with E-state index in [4.69, 9.17) is 19.0 Å². The molecule has 7 heteroatoms. The van der Waals surface area contributed by atoms with Gasteiger partial charge in [0, 0.05) is 0 Å². The highest BCUT2D eigenvalue weighted by Crippen LogP contribution is 2.59. The summed E-state index contributed by atoms with van der Waals surface area (Å²) in [7, 11) is 0. The van der Waals surface area contributed by atoms with Gasteiger partial charge in [-0.1, -0.05) is 6.42 Å². The molecule has 7 nitrogen and oxygen atoms in total. The van der Waals surface area contributed by atoms with Crippen LogP contribution in [0.3, 0.4) is 0 Å². The Hall–Kier alpha value is -1.34. The average molecular weight is 327 g/mol. The molecule has 1 saturated carbocycles. The number of ether oxygens (including phenoxy) is 3. The standard InChI is InChI=1S/C16H25NO6/c1-5-20-12(18)16-9-7-6-8-15(16)11(21-15)10-17(23-16)13(19)22-14(2,3)4/h11H,5-10H2,1-4H3/t11-,15-,16-/m0/s1. The first kappa shape index (κ1) is 16.5. The van der Waals surface area contributed by atoms with Gasteiger partial charge in [-0.25, -0.2) is 14.4 Å². The van der Waals surface area contributed by atoms with Crippen LogP contribution >= 0.6 is 0 Å². The molecule has 2 heterocycles. The Balaban J connectivity index is 1.84. The van der Waals surface area contributed by atoms with Crippen molar-refractivity contribution >= 4 is 12.1 Å². The summed E-state index contributed by atoms with van der Waals surface area (Å²) >= 11 is 0. The lowest BCUT2D eigenvalue weighted by molar-refractivity contribution is -0.271. The number of epoxide rings is 1. The predicted octanol–water partition coefficient (Wildman–Crippen LogP) is 2.18. The van der Waals surface area contributed by atoms with Crippen LogP contribution < -0.4 is 0 Å². The van der Waals surface area contributed by atoms with Gasteiger partial charge in [-0.15, -0.1) is 0 Å². The van der Waals surface area contributed by atoms with Crippen molar-refractivity contribution in [2.75, 3.05) is 13.2 Å². The van der Waals surface area contributed by atoms with Gasteiger partial charge in [0.2, 0.25) is 5.60 Å². The molecule has 2 aliphatic heterocycles. The lowest BCUT2D eigenvalue weighted by Gasteiger charge is -2.45. The molecular formula is C16H25NO6. The number of nitrogens with zero attached hydrogens (tertiary/aromatic N) is 1. The molecule has 0 aromatic carbocycles. The van der Waals surface area contributed by atoms with Crippen molar-refractivity contribution in [3.05, 3.63) is 0 Å². The monoisotopic (exact) mass is 327 g/mol. The molecule has 0 bridgehead atoms. The molecule has 1 amide bonds. The third kappa shape index (κ3) is 2.59. The van der Waals surface area contributed by atoms with E-state index in [1.165, 1.54) is 0 Å². The number of amides is 1. The number of hydrogen-bond donors (Lipinski definition) is 0. The van der Waals surface area contributed by atoms with Crippen molar-refractivity contribution in [2.45, 2.75) is 76.3 Å². The van der Waals surface area contributed by atoms with Crippen molar-refractivity contribution in [3.63, 3.8) is 0 Å². The zero-order chi connectivity index (χ0) is 16.9. The number of esters is 1. The highest BCUT2D eigenvalue weighted by atomic mass is 16.8. The van der Waals surface area contributed by atoms with Crippen LogP contribution in [0, 0.1) is 0 Å². The third-order valence-corrected chi connectivity index (χ3v) is 4.63. The van der Waals surface area contributed by atoms with Gasteiger partial charge in [0.25, 0.3) is 0 Å². The molecule has 130 valence electrons. The van der Waals surface area contributed by atoms with E-state index >= 15 is 0 Å². The van der Waals surface area contributed by atoms with E-state index in [0.717, 1.165) is 24.3 Å².